The van der Waals surface area contributed by atoms with Crippen LogP contribution in [0.2, 0.25) is 5.02 Å². The zero-order valence-corrected chi connectivity index (χ0v) is 32.5. The van der Waals surface area contributed by atoms with Gasteiger partial charge in [-0.15, -0.1) is 0 Å². The lowest BCUT2D eigenvalue weighted by Gasteiger charge is -2.45. The fourth-order valence-corrected chi connectivity index (χ4v) is 9.86. The largest absolute Gasteiger partial charge is 0.371 e. The lowest BCUT2D eigenvalue weighted by atomic mass is 9.77. The second kappa shape index (κ2) is 14.8. The number of rotatable bonds is 7. The Morgan fingerprint density at radius 1 is 0.772 bits per heavy atom. The van der Waals surface area contributed by atoms with Gasteiger partial charge in [0.1, 0.15) is 12.1 Å². The molecule has 3 aromatic carbocycles. The first-order chi connectivity index (χ1) is 27.6. The number of hydrogen-bond acceptors (Lipinski definition) is 10. The number of hydrogen-bond donors (Lipinski definition) is 1. The van der Waals surface area contributed by atoms with E-state index >= 15 is 0 Å². The van der Waals surface area contributed by atoms with Gasteiger partial charge in [-0.3, -0.25) is 39.1 Å². The van der Waals surface area contributed by atoms with Crippen molar-refractivity contribution in [3.63, 3.8) is 0 Å². The van der Waals surface area contributed by atoms with Gasteiger partial charge in [0, 0.05) is 107 Å². The van der Waals surface area contributed by atoms with E-state index in [4.69, 9.17) is 11.6 Å². The van der Waals surface area contributed by atoms with Crippen LogP contribution in [0.1, 0.15) is 68.7 Å². The zero-order chi connectivity index (χ0) is 39.4. The quantitative estimate of drug-likeness (QED) is 0.350. The number of amides is 5. The molecule has 1 N–H and O–H groups in total. The van der Waals surface area contributed by atoms with Crippen LogP contribution in [0, 0.1) is 22.7 Å². The van der Waals surface area contributed by atoms with Gasteiger partial charge in [0.05, 0.1) is 21.7 Å². The number of halogens is 1. The van der Waals surface area contributed by atoms with Crippen molar-refractivity contribution in [2.75, 3.05) is 86.7 Å². The van der Waals surface area contributed by atoms with Crippen molar-refractivity contribution in [1.29, 1.82) is 5.26 Å². The third kappa shape index (κ3) is 6.99. The first-order valence-electron chi connectivity index (χ1n) is 20.0. The summed E-state index contributed by atoms with van der Waals surface area (Å²) in [5, 5.41) is 12.0. The van der Waals surface area contributed by atoms with E-state index in [1.807, 2.05) is 35.2 Å². The lowest BCUT2D eigenvalue weighted by Crippen LogP contribution is -2.55. The lowest BCUT2D eigenvalue weighted by molar-refractivity contribution is -0.136. The van der Waals surface area contributed by atoms with Gasteiger partial charge in [-0.1, -0.05) is 11.6 Å². The SMILES string of the molecule is N#Cc1ccc(N2CCC3(CC2)CCN(c2ccc(C(=O)N4CCN(CC5CN(c6ccc7c(c6)C(=O)N(C6CCC(=O)NC6=O)C7=O)C5)CC4)cc2)C3)cc1Cl. The van der Waals surface area contributed by atoms with Crippen LogP contribution >= 0.6 is 11.6 Å². The van der Waals surface area contributed by atoms with Crippen molar-refractivity contribution >= 4 is 58.2 Å². The molecular formula is C43H45ClN8O5. The zero-order valence-electron chi connectivity index (χ0n) is 31.8. The molecule has 0 saturated carbocycles. The number of nitrogens with zero attached hydrogens (tertiary/aromatic N) is 7. The van der Waals surface area contributed by atoms with Crippen LogP contribution in [0.4, 0.5) is 17.1 Å². The van der Waals surface area contributed by atoms with Crippen LogP contribution in [0.25, 0.3) is 0 Å². The third-order valence-electron chi connectivity index (χ3n) is 13.1. The number of fused-ring (bicyclic) bond motifs is 1. The van der Waals surface area contributed by atoms with E-state index in [1.54, 1.807) is 18.2 Å². The number of imide groups is 2. The number of carbonyl (C=O) groups is 5. The second-order valence-electron chi connectivity index (χ2n) is 16.5. The molecule has 13 nitrogen and oxygen atoms in total. The Hall–Kier alpha value is -5.45. The van der Waals surface area contributed by atoms with Gasteiger partial charge in [0.25, 0.3) is 17.7 Å². The Morgan fingerprint density at radius 3 is 2.11 bits per heavy atom. The molecule has 6 heterocycles. The number of nitrogens with one attached hydrogen (secondary N) is 1. The van der Waals surface area contributed by atoms with Crippen molar-refractivity contribution in [3.8, 4) is 6.07 Å². The standard InChI is InChI=1S/C43H45ClN8O5/c44-36-22-33(6-3-30(36)23-45)48-14-11-43(12-15-48)13-16-50(27-43)31-4-1-29(2-5-31)40(55)49-19-17-47(18-20-49)24-28-25-51(26-28)32-7-8-34-35(21-32)42(57)52(41(34)56)37-9-10-38(53)46-39(37)54/h1-8,21-22,28,37H,9-20,24-27H2,(H,46,53,54). The molecule has 1 spiro atoms. The van der Waals surface area contributed by atoms with Gasteiger partial charge in [0.2, 0.25) is 11.8 Å². The predicted molar refractivity (Wildman–Crippen MR) is 214 cm³/mol. The Labute approximate surface area is 336 Å². The number of piperazine rings is 1. The van der Waals surface area contributed by atoms with E-state index < -0.39 is 29.7 Å². The number of anilines is 3. The van der Waals surface area contributed by atoms with Crippen molar-refractivity contribution in [2.24, 2.45) is 11.3 Å². The van der Waals surface area contributed by atoms with Crippen molar-refractivity contribution < 1.29 is 24.0 Å². The number of carbonyl (C=O) groups excluding carboxylic acids is 5. The molecule has 6 aliphatic heterocycles. The molecule has 5 saturated heterocycles. The van der Waals surface area contributed by atoms with Gasteiger partial charge < -0.3 is 19.6 Å². The highest BCUT2D eigenvalue weighted by Gasteiger charge is 2.45. The van der Waals surface area contributed by atoms with Crippen LogP contribution < -0.4 is 20.0 Å². The molecule has 0 radical (unpaired) electrons. The Kier molecular flexibility index (Phi) is 9.65. The Morgan fingerprint density at radius 2 is 1.42 bits per heavy atom. The van der Waals surface area contributed by atoms with E-state index in [0.29, 0.717) is 35.2 Å². The topological polar surface area (TPSA) is 141 Å². The van der Waals surface area contributed by atoms with Gasteiger partial charge >= 0.3 is 0 Å². The minimum atomic E-state index is -0.975. The summed E-state index contributed by atoms with van der Waals surface area (Å²) < 4.78 is 0. The summed E-state index contributed by atoms with van der Waals surface area (Å²) in [6.45, 7) is 9.54. The van der Waals surface area contributed by atoms with E-state index in [1.165, 1.54) is 5.69 Å². The van der Waals surface area contributed by atoms with E-state index in [0.717, 1.165) is 100 Å². The van der Waals surface area contributed by atoms with Crippen molar-refractivity contribution in [3.05, 3.63) is 87.9 Å². The molecule has 9 rings (SSSR count). The van der Waals surface area contributed by atoms with Gasteiger partial charge in [0.15, 0.2) is 0 Å². The molecular weight excluding hydrogens is 744 g/mol. The van der Waals surface area contributed by atoms with Crippen LogP contribution in [0.5, 0.6) is 0 Å². The van der Waals surface area contributed by atoms with Crippen LogP contribution in [-0.2, 0) is 9.59 Å². The molecule has 1 atom stereocenters. The predicted octanol–water partition coefficient (Wildman–Crippen LogP) is 4.00. The summed E-state index contributed by atoms with van der Waals surface area (Å²) in [5.41, 5.74) is 5.21. The molecule has 57 heavy (non-hydrogen) atoms. The molecule has 0 bridgehead atoms. The monoisotopic (exact) mass is 788 g/mol. The minimum absolute atomic E-state index is 0.0741. The highest BCUT2D eigenvalue weighted by atomic mass is 35.5. The fourth-order valence-electron chi connectivity index (χ4n) is 9.64. The molecule has 1 unspecified atom stereocenters. The maximum atomic E-state index is 13.5. The molecule has 294 valence electrons. The van der Waals surface area contributed by atoms with E-state index in [2.05, 4.69) is 43.1 Å². The number of piperidine rings is 2. The van der Waals surface area contributed by atoms with E-state index in [9.17, 15) is 29.2 Å². The summed E-state index contributed by atoms with van der Waals surface area (Å²) in [5.74, 6) is -1.47. The van der Waals surface area contributed by atoms with Crippen LogP contribution in [0.15, 0.2) is 60.7 Å². The number of benzene rings is 3. The smallest absolute Gasteiger partial charge is 0.262 e. The molecule has 6 aliphatic rings. The second-order valence-corrected chi connectivity index (χ2v) is 16.9. The molecule has 0 aliphatic carbocycles. The molecule has 5 fully saturated rings. The third-order valence-corrected chi connectivity index (χ3v) is 13.4. The summed E-state index contributed by atoms with van der Waals surface area (Å²) in [6, 6.07) is 20.3. The normalized spacial score (nSPS) is 22.5. The molecule has 14 heteroatoms. The summed E-state index contributed by atoms with van der Waals surface area (Å²) >= 11 is 6.31. The first kappa shape index (κ1) is 37.1. The molecule has 0 aromatic heterocycles. The maximum absolute atomic E-state index is 13.5. The summed E-state index contributed by atoms with van der Waals surface area (Å²) in [4.78, 5) is 76.3. The highest BCUT2D eigenvalue weighted by molar-refractivity contribution is 6.32. The minimum Gasteiger partial charge on any atom is -0.371 e. The highest BCUT2D eigenvalue weighted by Crippen LogP contribution is 2.43. The maximum Gasteiger partial charge on any atom is 0.262 e. The number of nitriles is 1. The summed E-state index contributed by atoms with van der Waals surface area (Å²) in [7, 11) is 0. The van der Waals surface area contributed by atoms with Gasteiger partial charge in [-0.2, -0.15) is 5.26 Å². The molecule has 3 aromatic rings. The average Bonchev–Trinajstić information content (AvgIpc) is 3.73. The van der Waals surface area contributed by atoms with Crippen LogP contribution in [0.3, 0.4) is 0 Å². The first-order valence-corrected chi connectivity index (χ1v) is 20.4. The van der Waals surface area contributed by atoms with Gasteiger partial charge in [-0.05, 0) is 91.8 Å². The Bertz CT molecular complexity index is 2180. The molecule has 5 amide bonds. The van der Waals surface area contributed by atoms with Crippen molar-refractivity contribution in [1.82, 2.24) is 20.0 Å². The van der Waals surface area contributed by atoms with Crippen molar-refractivity contribution in [2.45, 2.75) is 38.1 Å². The summed E-state index contributed by atoms with van der Waals surface area (Å²) in [6.07, 6.45) is 3.59. The van der Waals surface area contributed by atoms with Crippen LogP contribution in [-0.4, -0.2) is 122 Å². The van der Waals surface area contributed by atoms with E-state index in [-0.39, 0.29) is 29.7 Å². The average molecular weight is 789 g/mol. The Balaban J connectivity index is 0.719. The fraction of sp³-hybridized carbons (Fsp3) is 0.442. The van der Waals surface area contributed by atoms with Gasteiger partial charge in [-0.25, -0.2) is 0 Å².